The van der Waals surface area contributed by atoms with Crippen molar-refractivity contribution in [1.29, 1.82) is 0 Å². The van der Waals surface area contributed by atoms with E-state index in [4.69, 9.17) is 34.8 Å². The molecule has 2 nitrogen and oxygen atoms in total. The van der Waals surface area contributed by atoms with Crippen molar-refractivity contribution < 1.29 is 4.79 Å². The Morgan fingerprint density at radius 2 is 2.07 bits per heavy atom. The van der Waals surface area contributed by atoms with Crippen LogP contribution >= 0.6 is 34.8 Å². The number of anilines is 2. The quantitative estimate of drug-likeness (QED) is 0.656. The van der Waals surface area contributed by atoms with Crippen molar-refractivity contribution >= 4 is 52.0 Å². The number of carbonyl (C=O) groups is 1. The van der Waals surface area contributed by atoms with Gasteiger partial charge in [-0.2, -0.15) is 0 Å². The van der Waals surface area contributed by atoms with Crippen molar-refractivity contribution in [2.24, 2.45) is 0 Å². The van der Waals surface area contributed by atoms with Gasteiger partial charge in [0.1, 0.15) is 0 Å². The van der Waals surface area contributed by atoms with Gasteiger partial charge < -0.3 is 5.32 Å². The van der Waals surface area contributed by atoms with Crippen LogP contribution in [0.15, 0.2) is 18.2 Å². The zero-order valence-electron chi connectivity index (χ0n) is 6.98. The number of rotatable bonds is 2. The second-order valence-electron chi connectivity index (χ2n) is 3.06. The van der Waals surface area contributed by atoms with Crippen LogP contribution in [0.5, 0.6) is 0 Å². The molecule has 0 spiro atoms. The fourth-order valence-corrected chi connectivity index (χ4v) is 1.45. The van der Waals surface area contributed by atoms with Gasteiger partial charge in [0.15, 0.2) is 5.78 Å². The SMILES string of the molecule is O=C(Cc1cccc2c1N2)C(Cl)(Cl)Cl. The monoisotopic (exact) mass is 249 g/mol. The van der Waals surface area contributed by atoms with E-state index >= 15 is 0 Å². The first kappa shape index (κ1) is 10.1. The van der Waals surface area contributed by atoms with E-state index < -0.39 is 9.58 Å². The fraction of sp³-hybridized carbons (Fsp3) is 0.222. The number of ketones is 1. The van der Waals surface area contributed by atoms with Crippen molar-refractivity contribution in [3.8, 4) is 0 Å². The van der Waals surface area contributed by atoms with Gasteiger partial charge in [0.25, 0.3) is 0 Å². The maximum atomic E-state index is 11.4. The Kier molecular flexibility index (Phi) is 2.38. The maximum Gasteiger partial charge on any atom is 0.249 e. The minimum absolute atomic E-state index is 0.146. The third-order valence-electron chi connectivity index (χ3n) is 2.02. The highest BCUT2D eigenvalue weighted by Crippen LogP contribution is 2.42. The number of para-hydroxylation sites is 1. The topological polar surface area (TPSA) is 39.0 Å². The molecule has 0 fully saturated rings. The molecule has 1 heterocycles. The molecule has 0 saturated carbocycles. The van der Waals surface area contributed by atoms with Gasteiger partial charge in [0.05, 0.1) is 11.4 Å². The number of carbonyl (C=O) groups excluding carboxylic acids is 1. The Labute approximate surface area is 96.1 Å². The molecule has 0 radical (unpaired) electrons. The summed E-state index contributed by atoms with van der Waals surface area (Å²) in [6, 6.07) is 5.63. The third kappa shape index (κ3) is 1.97. The van der Waals surface area contributed by atoms with Crippen LogP contribution < -0.4 is 5.32 Å². The Balaban J connectivity index is 2.14. The zero-order chi connectivity index (χ0) is 10.3. The minimum atomic E-state index is -1.82. The average Bonchev–Trinajstić information content (AvgIpc) is 2.81. The first-order chi connectivity index (χ1) is 6.48. The number of hydrogen-bond donors (Lipinski definition) is 1. The lowest BCUT2D eigenvalue weighted by Gasteiger charge is -2.08. The molecule has 0 atom stereocenters. The lowest BCUT2D eigenvalue weighted by Crippen LogP contribution is -2.20. The van der Waals surface area contributed by atoms with E-state index in [-0.39, 0.29) is 6.42 Å². The van der Waals surface area contributed by atoms with Gasteiger partial charge in [-0.05, 0) is 11.6 Å². The molecule has 5 heteroatoms. The Bertz CT molecular complexity index is 398. The summed E-state index contributed by atoms with van der Waals surface area (Å²) in [6.07, 6.45) is 0.146. The molecule has 14 heavy (non-hydrogen) atoms. The number of nitrogens with one attached hydrogen (secondary N) is 1. The van der Waals surface area contributed by atoms with Crippen molar-refractivity contribution in [2.75, 3.05) is 5.32 Å². The summed E-state index contributed by atoms with van der Waals surface area (Å²) in [5, 5.41) is 3.03. The first-order valence-electron chi connectivity index (χ1n) is 3.97. The van der Waals surface area contributed by atoms with E-state index in [1.807, 2.05) is 18.2 Å². The number of alkyl halides is 3. The Hall–Kier alpha value is -0.440. The average molecular weight is 251 g/mol. The molecule has 1 N–H and O–H groups in total. The van der Waals surface area contributed by atoms with Gasteiger partial charge in [-0.3, -0.25) is 4.79 Å². The van der Waals surface area contributed by atoms with E-state index in [0.717, 1.165) is 16.9 Å². The van der Waals surface area contributed by atoms with E-state index in [1.54, 1.807) is 0 Å². The maximum absolute atomic E-state index is 11.4. The van der Waals surface area contributed by atoms with Crippen molar-refractivity contribution in [3.05, 3.63) is 23.8 Å². The predicted octanol–water partition coefficient (Wildman–Crippen LogP) is 3.23. The molecule has 0 saturated heterocycles. The summed E-state index contributed by atoms with van der Waals surface area (Å²) < 4.78 is -1.82. The summed E-state index contributed by atoms with van der Waals surface area (Å²) in [6.45, 7) is 0. The van der Waals surface area contributed by atoms with Gasteiger partial charge in [-0.15, -0.1) is 0 Å². The standard InChI is InChI=1S/C9H6Cl3NO/c10-9(11,12)7(14)4-5-2-1-3-6-8(5)13-6/h1-3,13H,4H2. The van der Waals surface area contributed by atoms with Crippen LogP contribution in [-0.2, 0) is 11.2 Å². The fourth-order valence-electron chi connectivity index (χ4n) is 1.25. The molecule has 1 aromatic rings. The van der Waals surface area contributed by atoms with Crippen molar-refractivity contribution in [3.63, 3.8) is 0 Å². The van der Waals surface area contributed by atoms with Gasteiger partial charge in [-0.25, -0.2) is 0 Å². The van der Waals surface area contributed by atoms with E-state index in [9.17, 15) is 4.79 Å². The number of fused-ring (bicyclic) bond motifs is 1. The van der Waals surface area contributed by atoms with Crippen LogP contribution in [0.1, 0.15) is 5.56 Å². The normalized spacial score (nSPS) is 13.1. The Morgan fingerprint density at radius 3 is 2.71 bits per heavy atom. The molecule has 0 aliphatic carbocycles. The second-order valence-corrected chi connectivity index (χ2v) is 5.34. The molecule has 1 aromatic carbocycles. The summed E-state index contributed by atoms with van der Waals surface area (Å²) >= 11 is 16.4. The van der Waals surface area contributed by atoms with Gasteiger partial charge in [0, 0.05) is 6.42 Å². The summed E-state index contributed by atoms with van der Waals surface area (Å²) in [4.78, 5) is 11.4. The third-order valence-corrected chi connectivity index (χ3v) is 2.65. The highest BCUT2D eigenvalue weighted by Gasteiger charge is 2.32. The summed E-state index contributed by atoms with van der Waals surface area (Å²) in [5.41, 5.74) is 2.90. The number of Topliss-reactive ketones (excluding diaryl/α,β-unsaturated/α-hetero) is 1. The van der Waals surface area contributed by atoms with E-state index in [0.29, 0.717) is 0 Å². The lowest BCUT2D eigenvalue weighted by molar-refractivity contribution is -0.117. The van der Waals surface area contributed by atoms with E-state index in [2.05, 4.69) is 5.32 Å². The highest BCUT2D eigenvalue weighted by atomic mass is 35.6. The highest BCUT2D eigenvalue weighted by molar-refractivity contribution is 6.76. The number of halogens is 3. The number of benzene rings is 1. The number of hydrogen-bond acceptors (Lipinski definition) is 2. The van der Waals surface area contributed by atoms with Crippen molar-refractivity contribution in [1.82, 2.24) is 0 Å². The molecular weight excluding hydrogens is 244 g/mol. The minimum Gasteiger partial charge on any atom is -0.352 e. The van der Waals surface area contributed by atoms with Gasteiger partial charge >= 0.3 is 0 Å². The molecule has 0 bridgehead atoms. The predicted molar refractivity (Wildman–Crippen MR) is 58.7 cm³/mol. The lowest BCUT2D eigenvalue weighted by atomic mass is 10.1. The van der Waals surface area contributed by atoms with Crippen LogP contribution in [0.2, 0.25) is 0 Å². The molecule has 2 rings (SSSR count). The van der Waals surface area contributed by atoms with Crippen LogP contribution in [0.4, 0.5) is 11.4 Å². The van der Waals surface area contributed by atoms with Crippen LogP contribution in [0, 0.1) is 0 Å². The van der Waals surface area contributed by atoms with E-state index in [1.165, 1.54) is 0 Å². The first-order valence-corrected chi connectivity index (χ1v) is 5.11. The molecule has 0 unspecified atom stereocenters. The summed E-state index contributed by atoms with van der Waals surface area (Å²) in [7, 11) is 0. The smallest absolute Gasteiger partial charge is 0.249 e. The van der Waals surface area contributed by atoms with Gasteiger partial charge in [0.2, 0.25) is 3.79 Å². The van der Waals surface area contributed by atoms with Crippen LogP contribution in [-0.4, -0.2) is 9.58 Å². The zero-order valence-corrected chi connectivity index (χ0v) is 9.25. The second kappa shape index (κ2) is 3.30. The van der Waals surface area contributed by atoms with Crippen molar-refractivity contribution in [2.45, 2.75) is 10.2 Å². The molecular formula is C9H6Cl3NO. The molecule has 74 valence electrons. The molecule has 1 aliphatic rings. The molecule has 1 aliphatic heterocycles. The van der Waals surface area contributed by atoms with Crippen LogP contribution in [0.3, 0.4) is 0 Å². The summed E-state index contributed by atoms with van der Waals surface area (Å²) in [5.74, 6) is -0.412. The molecule has 0 amide bonds. The Morgan fingerprint density at radius 1 is 1.36 bits per heavy atom. The van der Waals surface area contributed by atoms with Gasteiger partial charge in [-0.1, -0.05) is 46.9 Å². The largest absolute Gasteiger partial charge is 0.352 e. The van der Waals surface area contributed by atoms with Crippen LogP contribution in [0.25, 0.3) is 0 Å². The molecule has 0 aromatic heterocycles.